The van der Waals surface area contributed by atoms with Crippen LogP contribution in [0.2, 0.25) is 0 Å². The molecule has 0 radical (unpaired) electrons. The van der Waals surface area contributed by atoms with Crippen molar-refractivity contribution in [1.29, 1.82) is 0 Å². The number of aromatic nitrogens is 1. The Morgan fingerprint density at radius 3 is 2.69 bits per heavy atom. The minimum Gasteiger partial charge on any atom is -0.497 e. The van der Waals surface area contributed by atoms with Crippen LogP contribution in [0.25, 0.3) is 10.9 Å². The van der Waals surface area contributed by atoms with Crippen LogP contribution in [-0.2, 0) is 21.8 Å². The van der Waals surface area contributed by atoms with Crippen LogP contribution in [0.5, 0.6) is 5.75 Å². The number of ether oxygens (including phenoxy) is 1. The van der Waals surface area contributed by atoms with Gasteiger partial charge in [-0.25, -0.2) is 0 Å². The number of aromatic amines is 1. The van der Waals surface area contributed by atoms with Crippen LogP contribution in [0, 0.1) is 0 Å². The molecular formula is C29H27N3O3S. The van der Waals surface area contributed by atoms with Gasteiger partial charge in [-0.1, -0.05) is 30.3 Å². The van der Waals surface area contributed by atoms with E-state index in [4.69, 9.17) is 4.74 Å². The molecule has 4 aromatic rings. The van der Waals surface area contributed by atoms with E-state index in [1.807, 2.05) is 54.6 Å². The molecule has 1 aliphatic carbocycles. The van der Waals surface area contributed by atoms with Gasteiger partial charge in [0.25, 0.3) is 5.91 Å². The number of carbonyl (C=O) groups excluding carboxylic acids is 2. The number of rotatable bonds is 3. The minimum absolute atomic E-state index is 0.0722. The van der Waals surface area contributed by atoms with Crippen LogP contribution < -0.4 is 15.0 Å². The predicted molar refractivity (Wildman–Crippen MR) is 143 cm³/mol. The number of fused-ring (bicyclic) bond motifs is 7. The standard InChI is InChI=1S/C29H27N3O3S/c1-32(19-10-12-20(35-2)13-11-19)28(34)29-16-24(29)18-6-5-7-21(14-18)36-17-26-23(15-27(33)31-29)22-8-3-4-9-25(22)30-26/h3-14,24,30H,15-17H2,1-2H3,(H,31,33)/t24?,29-/m0/s1. The maximum Gasteiger partial charge on any atom is 0.253 e. The summed E-state index contributed by atoms with van der Waals surface area (Å²) < 4.78 is 5.26. The van der Waals surface area contributed by atoms with Crippen LogP contribution in [0.3, 0.4) is 0 Å². The van der Waals surface area contributed by atoms with Gasteiger partial charge in [-0.15, -0.1) is 11.8 Å². The van der Waals surface area contributed by atoms with Crippen molar-refractivity contribution in [3.05, 3.63) is 89.6 Å². The SMILES string of the molecule is COc1ccc(N(C)C(=O)[C@]23CC2c2cccc(c2)SCc2[nH]c4ccccc4c2CC(=O)N3)cc1. The molecule has 36 heavy (non-hydrogen) atoms. The lowest BCUT2D eigenvalue weighted by molar-refractivity contribution is -0.128. The van der Waals surface area contributed by atoms with Crippen molar-refractivity contribution in [2.45, 2.75) is 34.9 Å². The van der Waals surface area contributed by atoms with E-state index >= 15 is 0 Å². The highest BCUT2D eigenvalue weighted by Gasteiger charge is 2.62. The first-order valence-electron chi connectivity index (χ1n) is 12.0. The zero-order chi connectivity index (χ0) is 24.9. The number of para-hydroxylation sites is 1. The molecule has 7 heteroatoms. The Kier molecular flexibility index (Phi) is 5.52. The van der Waals surface area contributed by atoms with Gasteiger partial charge in [0.2, 0.25) is 5.91 Å². The molecule has 2 heterocycles. The third kappa shape index (κ3) is 3.84. The molecule has 2 N–H and O–H groups in total. The Morgan fingerprint density at radius 1 is 1.08 bits per heavy atom. The fraction of sp³-hybridized carbons (Fsp3) is 0.241. The van der Waals surface area contributed by atoms with E-state index in [9.17, 15) is 9.59 Å². The Hall–Kier alpha value is -3.71. The van der Waals surface area contributed by atoms with E-state index in [1.165, 1.54) is 0 Å². The molecular weight excluding hydrogens is 470 g/mol. The number of anilines is 1. The molecule has 1 aliphatic heterocycles. The van der Waals surface area contributed by atoms with Gasteiger partial charge in [0.1, 0.15) is 11.3 Å². The average molecular weight is 498 g/mol. The normalized spacial score (nSPS) is 20.8. The van der Waals surface area contributed by atoms with Gasteiger partial charge in [-0.3, -0.25) is 9.59 Å². The van der Waals surface area contributed by atoms with Crippen LogP contribution in [0.4, 0.5) is 5.69 Å². The number of carbonyl (C=O) groups is 2. The highest BCUT2D eigenvalue weighted by Crippen LogP contribution is 2.53. The number of H-pyrrole nitrogens is 1. The molecule has 3 aromatic carbocycles. The molecule has 182 valence electrons. The monoisotopic (exact) mass is 497 g/mol. The van der Waals surface area contributed by atoms with E-state index in [2.05, 4.69) is 28.5 Å². The minimum atomic E-state index is -0.972. The smallest absolute Gasteiger partial charge is 0.253 e. The van der Waals surface area contributed by atoms with E-state index in [-0.39, 0.29) is 24.2 Å². The summed E-state index contributed by atoms with van der Waals surface area (Å²) in [6.45, 7) is 0. The van der Waals surface area contributed by atoms with Gasteiger partial charge >= 0.3 is 0 Å². The molecule has 2 amide bonds. The summed E-state index contributed by atoms with van der Waals surface area (Å²) in [4.78, 5) is 33.8. The molecule has 0 spiro atoms. The van der Waals surface area contributed by atoms with Gasteiger partial charge < -0.3 is 19.9 Å². The van der Waals surface area contributed by atoms with Crippen molar-refractivity contribution in [3.8, 4) is 5.75 Å². The lowest BCUT2D eigenvalue weighted by atomic mass is 10.0. The van der Waals surface area contributed by atoms with Crippen LogP contribution in [-0.4, -0.2) is 36.5 Å². The molecule has 1 unspecified atom stereocenters. The third-order valence-corrected chi connectivity index (χ3v) is 8.37. The number of likely N-dealkylation sites (N-methyl/N-ethyl adjacent to an activating group) is 1. The highest BCUT2D eigenvalue weighted by atomic mass is 32.2. The Bertz CT molecular complexity index is 1480. The molecule has 2 aliphatic rings. The van der Waals surface area contributed by atoms with Crippen molar-refractivity contribution in [3.63, 3.8) is 0 Å². The maximum atomic E-state index is 14.0. The molecule has 2 bridgehead atoms. The second-order valence-electron chi connectivity index (χ2n) is 9.50. The number of hydrogen-bond donors (Lipinski definition) is 2. The summed E-state index contributed by atoms with van der Waals surface area (Å²) in [6.07, 6.45) is 0.800. The Morgan fingerprint density at radius 2 is 1.89 bits per heavy atom. The van der Waals surface area contributed by atoms with Gasteiger partial charge in [-0.2, -0.15) is 0 Å². The molecule has 1 saturated carbocycles. The lowest BCUT2D eigenvalue weighted by Gasteiger charge is -2.26. The van der Waals surface area contributed by atoms with Crippen LogP contribution in [0.15, 0.2) is 77.7 Å². The zero-order valence-electron chi connectivity index (χ0n) is 20.2. The third-order valence-electron chi connectivity index (χ3n) is 7.35. The summed E-state index contributed by atoms with van der Waals surface area (Å²) in [7, 11) is 3.38. The average Bonchev–Trinajstić information content (AvgIpc) is 3.53. The van der Waals surface area contributed by atoms with Gasteiger partial charge in [0.15, 0.2) is 0 Å². The maximum absolute atomic E-state index is 14.0. The fourth-order valence-electron chi connectivity index (χ4n) is 5.33. The lowest BCUT2D eigenvalue weighted by Crippen LogP contribution is -2.51. The quantitative estimate of drug-likeness (QED) is 0.416. The molecule has 1 aromatic heterocycles. The van der Waals surface area contributed by atoms with Crippen molar-refractivity contribution >= 4 is 40.2 Å². The molecule has 0 saturated heterocycles. The molecule has 2 atom stereocenters. The summed E-state index contributed by atoms with van der Waals surface area (Å²) in [5.74, 6) is 1.15. The first-order chi connectivity index (χ1) is 17.5. The summed E-state index contributed by atoms with van der Waals surface area (Å²) in [5.41, 5.74) is 3.93. The molecule has 6 nitrogen and oxygen atoms in total. The van der Waals surface area contributed by atoms with E-state index in [0.717, 1.165) is 49.8 Å². The zero-order valence-corrected chi connectivity index (χ0v) is 21.0. The van der Waals surface area contributed by atoms with Crippen molar-refractivity contribution in [2.75, 3.05) is 19.1 Å². The van der Waals surface area contributed by atoms with Gasteiger partial charge in [0.05, 0.1) is 13.5 Å². The first kappa shape index (κ1) is 22.7. The summed E-state index contributed by atoms with van der Waals surface area (Å²) in [5, 5.41) is 4.24. The highest BCUT2D eigenvalue weighted by molar-refractivity contribution is 7.98. The number of nitrogens with zero attached hydrogens (tertiary/aromatic N) is 1. The summed E-state index contributed by atoms with van der Waals surface area (Å²) in [6, 6.07) is 23.8. The van der Waals surface area contributed by atoms with E-state index in [1.54, 1.807) is 30.8 Å². The van der Waals surface area contributed by atoms with Crippen LogP contribution in [0.1, 0.15) is 29.2 Å². The number of nitrogens with one attached hydrogen (secondary N) is 2. The largest absolute Gasteiger partial charge is 0.497 e. The fourth-order valence-corrected chi connectivity index (χ4v) is 6.28. The number of thioether (sulfide) groups is 1. The Balaban J connectivity index is 1.39. The van der Waals surface area contributed by atoms with Crippen molar-refractivity contribution < 1.29 is 14.3 Å². The van der Waals surface area contributed by atoms with Crippen LogP contribution >= 0.6 is 11.8 Å². The second kappa shape index (κ2) is 8.75. The first-order valence-corrected chi connectivity index (χ1v) is 13.0. The van der Waals surface area contributed by atoms with Crippen molar-refractivity contribution in [1.82, 2.24) is 10.3 Å². The van der Waals surface area contributed by atoms with Crippen molar-refractivity contribution in [2.24, 2.45) is 0 Å². The number of hydrogen-bond acceptors (Lipinski definition) is 4. The second-order valence-corrected chi connectivity index (χ2v) is 10.6. The number of amides is 2. The Labute approximate surface area is 214 Å². The number of methoxy groups -OCH3 is 1. The molecule has 6 rings (SSSR count). The van der Waals surface area contributed by atoms with Gasteiger partial charge in [-0.05, 0) is 60.0 Å². The summed E-state index contributed by atoms with van der Waals surface area (Å²) >= 11 is 1.75. The topological polar surface area (TPSA) is 74.4 Å². The van der Waals surface area contributed by atoms with Gasteiger partial charge in [0, 0.05) is 45.9 Å². The molecule has 1 fully saturated rings. The number of benzene rings is 3. The van der Waals surface area contributed by atoms with E-state index in [0.29, 0.717) is 6.42 Å². The predicted octanol–water partition coefficient (Wildman–Crippen LogP) is 5.03. The van der Waals surface area contributed by atoms with E-state index < -0.39 is 5.54 Å².